The van der Waals surface area contributed by atoms with Crippen LogP contribution in [0.5, 0.6) is 0 Å². The van der Waals surface area contributed by atoms with Crippen LogP contribution in [0, 0.1) is 0 Å². The van der Waals surface area contributed by atoms with E-state index >= 15 is 0 Å². The summed E-state index contributed by atoms with van der Waals surface area (Å²) < 4.78 is 10.7. The van der Waals surface area contributed by atoms with Crippen LogP contribution >= 0.6 is 7.92 Å². The highest BCUT2D eigenvalue weighted by atomic mass is 31.1. The van der Waals surface area contributed by atoms with E-state index in [0.717, 1.165) is 115 Å². The minimum atomic E-state index is -0.567. The number of hydrogen-bond donors (Lipinski definition) is 0. The second-order valence-electron chi connectivity index (χ2n) is 13.7. The summed E-state index contributed by atoms with van der Waals surface area (Å²) in [5, 5.41) is 0. The third-order valence-electron chi connectivity index (χ3n) is 8.68. The molecule has 0 aromatic rings. The topological polar surface area (TPSA) is 72.9 Å². The van der Waals surface area contributed by atoms with Gasteiger partial charge in [0.1, 0.15) is 13.2 Å². The summed E-state index contributed by atoms with van der Waals surface area (Å²) in [7, 11) is 3.61. The molecule has 0 amide bonds. The van der Waals surface area contributed by atoms with Crippen molar-refractivity contribution in [3.8, 4) is 0 Å². The van der Waals surface area contributed by atoms with E-state index in [1.165, 1.54) is 51.4 Å². The van der Waals surface area contributed by atoms with E-state index in [4.69, 9.17) is 9.47 Å². The normalized spacial score (nSPS) is 12.4. The predicted octanol–water partition coefficient (Wildman–Crippen LogP) is 11.5. The molecule has 0 aliphatic rings. The maximum Gasteiger partial charge on any atom is 0.306 e. The Hall–Kier alpha value is -1.52. The quantitative estimate of drug-likeness (QED) is 0.0281. The van der Waals surface area contributed by atoms with Crippen molar-refractivity contribution in [2.75, 3.05) is 46.2 Å². The lowest BCUT2D eigenvalue weighted by atomic mass is 10.1. The molecule has 0 radical (unpaired) electrons. The average Bonchev–Trinajstić information content (AvgIpc) is 3.07. The summed E-state index contributed by atoms with van der Waals surface area (Å²) in [5.74, 6) is -0.185. The number of rotatable bonds is 36. The van der Waals surface area contributed by atoms with E-state index in [9.17, 15) is 14.4 Å². The molecule has 280 valence electrons. The van der Waals surface area contributed by atoms with Crippen molar-refractivity contribution < 1.29 is 23.9 Å². The van der Waals surface area contributed by atoms with Crippen LogP contribution in [0.2, 0.25) is 0 Å². The zero-order valence-electron chi connectivity index (χ0n) is 32.0. The predicted molar refractivity (Wildman–Crippen MR) is 207 cm³/mol. The van der Waals surface area contributed by atoms with Crippen LogP contribution < -0.4 is 0 Å². The molecule has 0 heterocycles. The van der Waals surface area contributed by atoms with Crippen molar-refractivity contribution in [1.82, 2.24) is 4.90 Å². The molecule has 0 aromatic carbocycles. The zero-order valence-corrected chi connectivity index (χ0v) is 32.9. The van der Waals surface area contributed by atoms with Gasteiger partial charge in [0.2, 0.25) is 0 Å². The van der Waals surface area contributed by atoms with Crippen LogP contribution in [0.4, 0.5) is 0 Å². The molecule has 0 rings (SSSR count). The Kier molecular flexibility index (Phi) is 35.6. The van der Waals surface area contributed by atoms with Crippen molar-refractivity contribution in [3.05, 3.63) is 24.3 Å². The van der Waals surface area contributed by atoms with Crippen LogP contribution in [-0.4, -0.2) is 68.5 Å². The smallest absolute Gasteiger partial charge is 0.306 e. The fourth-order valence-electron chi connectivity index (χ4n) is 5.60. The number of esters is 2. The van der Waals surface area contributed by atoms with Crippen LogP contribution in [0.15, 0.2) is 24.3 Å². The first-order valence-electron chi connectivity index (χ1n) is 19.9. The van der Waals surface area contributed by atoms with E-state index < -0.39 is 7.92 Å². The van der Waals surface area contributed by atoms with Crippen LogP contribution in [0.3, 0.4) is 0 Å². The number of carbonyl (C=O) groups excluding carboxylic acids is 3. The van der Waals surface area contributed by atoms with Gasteiger partial charge in [0.05, 0.1) is 0 Å². The number of nitrogens with zero attached hydrogens (tertiary/aromatic N) is 1. The van der Waals surface area contributed by atoms with Gasteiger partial charge in [-0.1, -0.05) is 115 Å². The Morgan fingerprint density at radius 3 is 1.38 bits per heavy atom. The molecule has 6 nitrogen and oxygen atoms in total. The molecule has 0 aliphatic carbocycles. The maximum absolute atomic E-state index is 13.1. The molecule has 0 spiro atoms. The van der Waals surface area contributed by atoms with Gasteiger partial charge >= 0.3 is 11.9 Å². The molecule has 0 aliphatic heterocycles. The van der Waals surface area contributed by atoms with Gasteiger partial charge in [0.25, 0.3) is 0 Å². The third kappa shape index (κ3) is 34.3. The minimum absolute atomic E-state index is 0.0924. The average molecular weight is 694 g/mol. The molecule has 0 saturated heterocycles. The van der Waals surface area contributed by atoms with Gasteiger partial charge in [0, 0.05) is 19.3 Å². The van der Waals surface area contributed by atoms with Crippen LogP contribution in [-0.2, 0) is 23.9 Å². The fraction of sp³-hybridized carbons (Fsp3) is 0.829. The van der Waals surface area contributed by atoms with E-state index in [1.54, 1.807) is 0 Å². The molecular weight excluding hydrogens is 617 g/mol. The molecule has 0 aromatic heterocycles. The van der Waals surface area contributed by atoms with Crippen LogP contribution in [0.1, 0.15) is 174 Å². The summed E-state index contributed by atoms with van der Waals surface area (Å²) in [4.78, 5) is 39.3. The standard InChI is InChI=1S/C41H76NO5P/c1-5-7-9-11-13-19-27-35-46-39(43)31-23-17-15-21-29-37-48(41(45)33-25-26-34-42(3)4)38-30-22-16-18-24-32-40(44)47-36-28-20-14-12-10-8-6-2/h19-20,27-28H,5-18,21-26,29-38H2,1-4H3. The van der Waals surface area contributed by atoms with Crippen molar-refractivity contribution in [1.29, 1.82) is 0 Å². The molecular formula is C41H76NO5P. The summed E-state index contributed by atoms with van der Waals surface area (Å²) >= 11 is 0. The largest absolute Gasteiger partial charge is 0.461 e. The van der Waals surface area contributed by atoms with Gasteiger partial charge in [-0.15, -0.1) is 0 Å². The maximum atomic E-state index is 13.1. The van der Waals surface area contributed by atoms with Gasteiger partial charge in [0.15, 0.2) is 5.52 Å². The molecule has 0 fully saturated rings. The first kappa shape index (κ1) is 46.5. The van der Waals surface area contributed by atoms with E-state index in [1.807, 2.05) is 12.2 Å². The second kappa shape index (κ2) is 36.8. The highest BCUT2D eigenvalue weighted by Gasteiger charge is 2.17. The molecule has 0 bridgehead atoms. The lowest BCUT2D eigenvalue weighted by molar-refractivity contribution is -0.143. The van der Waals surface area contributed by atoms with Crippen LogP contribution in [0.25, 0.3) is 0 Å². The van der Waals surface area contributed by atoms with E-state index in [2.05, 4.69) is 45.0 Å². The van der Waals surface area contributed by atoms with Gasteiger partial charge in [-0.2, -0.15) is 0 Å². The van der Waals surface area contributed by atoms with E-state index in [0.29, 0.717) is 31.6 Å². The highest BCUT2D eigenvalue weighted by molar-refractivity contribution is 7.74. The molecule has 0 N–H and O–H groups in total. The number of carbonyl (C=O) groups is 3. The molecule has 0 atom stereocenters. The number of ether oxygens (including phenoxy) is 2. The Bertz CT molecular complexity index is 761. The van der Waals surface area contributed by atoms with Crippen molar-refractivity contribution in [3.63, 3.8) is 0 Å². The van der Waals surface area contributed by atoms with E-state index in [-0.39, 0.29) is 11.9 Å². The monoisotopic (exact) mass is 694 g/mol. The lowest BCUT2D eigenvalue weighted by Gasteiger charge is -2.17. The number of allylic oxidation sites excluding steroid dienone is 2. The van der Waals surface area contributed by atoms with Gasteiger partial charge < -0.3 is 14.4 Å². The molecule has 0 saturated carbocycles. The first-order valence-corrected chi connectivity index (χ1v) is 21.7. The Labute approximate surface area is 298 Å². The van der Waals surface area contributed by atoms with Crippen molar-refractivity contribution in [2.45, 2.75) is 174 Å². The molecule has 7 heteroatoms. The molecule has 48 heavy (non-hydrogen) atoms. The Morgan fingerprint density at radius 1 is 0.500 bits per heavy atom. The third-order valence-corrected chi connectivity index (χ3v) is 11.3. The first-order chi connectivity index (χ1) is 23.4. The fourth-order valence-corrected chi connectivity index (χ4v) is 8.01. The zero-order chi connectivity index (χ0) is 35.3. The SMILES string of the molecule is CCCCCCC=CCOC(=O)CCCCCCCP(CCCCCCCC(=O)OCC=CCCCCCC)C(=O)CCCCN(C)C. The highest BCUT2D eigenvalue weighted by Crippen LogP contribution is 2.41. The summed E-state index contributed by atoms with van der Waals surface area (Å²) in [6.07, 6.45) is 36.9. The van der Waals surface area contributed by atoms with Crippen molar-refractivity contribution >= 4 is 25.4 Å². The van der Waals surface area contributed by atoms with Gasteiger partial charge in [-0.05, 0) is 105 Å². The summed E-state index contributed by atoms with van der Waals surface area (Å²) in [6.45, 7) is 6.27. The summed E-state index contributed by atoms with van der Waals surface area (Å²) in [6, 6.07) is 0. The number of unbranched alkanes of at least 4 members (excludes halogenated alkanes) is 17. The van der Waals surface area contributed by atoms with Gasteiger partial charge in [-0.25, -0.2) is 0 Å². The Balaban J connectivity index is 4.12. The Morgan fingerprint density at radius 2 is 0.917 bits per heavy atom. The minimum Gasteiger partial charge on any atom is -0.461 e. The second-order valence-corrected chi connectivity index (χ2v) is 16.2. The van der Waals surface area contributed by atoms with Crippen molar-refractivity contribution in [2.24, 2.45) is 0 Å². The summed E-state index contributed by atoms with van der Waals surface area (Å²) in [5.41, 5.74) is 0.513. The van der Waals surface area contributed by atoms with Gasteiger partial charge in [-0.3, -0.25) is 14.4 Å². The number of hydrogen-bond acceptors (Lipinski definition) is 6. The molecule has 0 unspecified atom stereocenters. The lowest BCUT2D eigenvalue weighted by Crippen LogP contribution is -2.13.